The molecule has 1 aromatic carbocycles. The molecule has 14 heavy (non-hydrogen) atoms. The van der Waals surface area contributed by atoms with Crippen LogP contribution >= 0.6 is 0 Å². The molecule has 1 aromatic rings. The van der Waals surface area contributed by atoms with E-state index in [2.05, 4.69) is 0 Å². The van der Waals surface area contributed by atoms with Crippen molar-refractivity contribution in [1.29, 1.82) is 0 Å². The average molecular weight is 195 g/mol. The first-order valence-electron chi connectivity index (χ1n) is 4.46. The predicted molar refractivity (Wildman–Crippen MR) is 54.3 cm³/mol. The van der Waals surface area contributed by atoms with Crippen molar-refractivity contribution in [2.75, 3.05) is 13.2 Å². The summed E-state index contributed by atoms with van der Waals surface area (Å²) >= 11 is 0. The average Bonchev–Trinajstić information content (AvgIpc) is 2.26. The Morgan fingerprint density at radius 2 is 2.07 bits per heavy atom. The zero-order chi connectivity index (χ0) is 10.2. The molecule has 0 amide bonds. The van der Waals surface area contributed by atoms with Crippen LogP contribution in [0.25, 0.3) is 0 Å². The molecule has 0 aliphatic rings. The molecule has 0 saturated heterocycles. The quantitative estimate of drug-likeness (QED) is 0.780. The predicted octanol–water partition coefficient (Wildman–Crippen LogP) is 2.02. The Morgan fingerprint density at radius 1 is 1.36 bits per heavy atom. The van der Waals surface area contributed by atoms with Gasteiger partial charge in [0.2, 0.25) is 0 Å². The van der Waals surface area contributed by atoms with Crippen LogP contribution in [0.4, 0.5) is 4.39 Å². The van der Waals surface area contributed by atoms with Gasteiger partial charge in [0.05, 0.1) is 19.5 Å². The smallest absolute Gasteiger partial charge is 0.0894 e. The SMILES string of the molecule is NC/C(=C/F)COCc1ccccc1. The summed E-state index contributed by atoms with van der Waals surface area (Å²) in [6.07, 6.45) is 0.505. The fraction of sp³-hybridized carbons (Fsp3) is 0.273. The molecule has 76 valence electrons. The van der Waals surface area contributed by atoms with E-state index in [1.807, 2.05) is 30.3 Å². The summed E-state index contributed by atoms with van der Waals surface area (Å²) < 4.78 is 17.3. The van der Waals surface area contributed by atoms with Crippen LogP contribution in [-0.4, -0.2) is 13.2 Å². The van der Waals surface area contributed by atoms with Gasteiger partial charge >= 0.3 is 0 Å². The summed E-state index contributed by atoms with van der Waals surface area (Å²) in [6, 6.07) is 9.74. The van der Waals surface area contributed by atoms with Gasteiger partial charge in [-0.2, -0.15) is 0 Å². The lowest BCUT2D eigenvalue weighted by Crippen LogP contribution is -2.08. The number of ether oxygens (including phenoxy) is 1. The van der Waals surface area contributed by atoms with E-state index in [0.29, 0.717) is 18.5 Å². The highest BCUT2D eigenvalue weighted by Crippen LogP contribution is 2.02. The van der Waals surface area contributed by atoms with Crippen molar-refractivity contribution in [3.8, 4) is 0 Å². The minimum absolute atomic E-state index is 0.200. The third kappa shape index (κ3) is 3.68. The Labute approximate surface area is 83.2 Å². The zero-order valence-electron chi connectivity index (χ0n) is 7.95. The minimum Gasteiger partial charge on any atom is -0.372 e. The molecule has 0 unspecified atom stereocenters. The first kappa shape index (κ1) is 10.9. The van der Waals surface area contributed by atoms with Gasteiger partial charge in [-0.25, -0.2) is 4.39 Å². The van der Waals surface area contributed by atoms with E-state index >= 15 is 0 Å². The Morgan fingerprint density at radius 3 is 2.64 bits per heavy atom. The Hall–Kier alpha value is -1.19. The number of hydrogen-bond acceptors (Lipinski definition) is 2. The summed E-state index contributed by atoms with van der Waals surface area (Å²) in [7, 11) is 0. The van der Waals surface area contributed by atoms with Crippen molar-refractivity contribution in [1.82, 2.24) is 0 Å². The van der Waals surface area contributed by atoms with Crippen molar-refractivity contribution < 1.29 is 9.13 Å². The van der Waals surface area contributed by atoms with Crippen molar-refractivity contribution in [2.45, 2.75) is 6.61 Å². The highest BCUT2D eigenvalue weighted by Gasteiger charge is 1.95. The van der Waals surface area contributed by atoms with Gasteiger partial charge in [-0.3, -0.25) is 0 Å². The fourth-order valence-electron chi connectivity index (χ4n) is 1.01. The molecule has 0 atom stereocenters. The second-order valence-corrected chi connectivity index (χ2v) is 2.95. The van der Waals surface area contributed by atoms with Crippen LogP contribution in [0, 0.1) is 0 Å². The first-order chi connectivity index (χ1) is 6.86. The molecule has 0 bridgehead atoms. The number of benzene rings is 1. The van der Waals surface area contributed by atoms with Crippen LogP contribution in [-0.2, 0) is 11.3 Å². The van der Waals surface area contributed by atoms with Crippen molar-refractivity contribution in [3.05, 3.63) is 47.8 Å². The molecule has 0 aliphatic carbocycles. The molecule has 3 heteroatoms. The summed E-state index contributed by atoms with van der Waals surface area (Å²) in [6.45, 7) is 0.936. The lowest BCUT2D eigenvalue weighted by molar-refractivity contribution is 0.141. The van der Waals surface area contributed by atoms with Gasteiger partial charge in [-0.05, 0) is 11.1 Å². The maximum absolute atomic E-state index is 12.1. The third-order valence-electron chi connectivity index (χ3n) is 1.82. The fourth-order valence-corrected chi connectivity index (χ4v) is 1.01. The zero-order valence-corrected chi connectivity index (χ0v) is 7.95. The first-order valence-corrected chi connectivity index (χ1v) is 4.46. The highest BCUT2D eigenvalue weighted by molar-refractivity contribution is 5.13. The maximum atomic E-state index is 12.1. The van der Waals surface area contributed by atoms with Crippen LogP contribution in [0.5, 0.6) is 0 Å². The molecular formula is C11H14FNO. The molecule has 0 heterocycles. The summed E-state index contributed by atoms with van der Waals surface area (Å²) in [5.74, 6) is 0. The molecule has 0 saturated carbocycles. The second kappa shape index (κ2) is 6.29. The Kier molecular flexibility index (Phi) is 4.89. The molecule has 1 rings (SSSR count). The summed E-state index contributed by atoms with van der Waals surface area (Å²) in [5, 5.41) is 0. The topological polar surface area (TPSA) is 35.2 Å². The molecule has 2 N–H and O–H groups in total. The van der Waals surface area contributed by atoms with Crippen molar-refractivity contribution >= 4 is 0 Å². The molecule has 0 radical (unpaired) electrons. The van der Waals surface area contributed by atoms with Crippen LogP contribution in [0.1, 0.15) is 5.56 Å². The van der Waals surface area contributed by atoms with Gasteiger partial charge in [-0.1, -0.05) is 30.3 Å². The van der Waals surface area contributed by atoms with E-state index in [1.165, 1.54) is 0 Å². The van der Waals surface area contributed by atoms with Gasteiger partial charge < -0.3 is 10.5 Å². The van der Waals surface area contributed by atoms with Crippen LogP contribution < -0.4 is 5.73 Å². The summed E-state index contributed by atoms with van der Waals surface area (Å²) in [4.78, 5) is 0. The van der Waals surface area contributed by atoms with Crippen LogP contribution in [0.3, 0.4) is 0 Å². The molecule has 0 spiro atoms. The lowest BCUT2D eigenvalue weighted by atomic mass is 10.2. The van der Waals surface area contributed by atoms with E-state index in [1.54, 1.807) is 0 Å². The monoisotopic (exact) mass is 195 g/mol. The van der Waals surface area contributed by atoms with E-state index in [0.717, 1.165) is 5.56 Å². The van der Waals surface area contributed by atoms with Gasteiger partial charge in [0.25, 0.3) is 0 Å². The maximum Gasteiger partial charge on any atom is 0.0894 e. The third-order valence-corrected chi connectivity index (χ3v) is 1.82. The minimum atomic E-state index is 0.200. The van der Waals surface area contributed by atoms with Gasteiger partial charge in [-0.15, -0.1) is 0 Å². The molecule has 0 aliphatic heterocycles. The lowest BCUT2D eigenvalue weighted by Gasteiger charge is -2.04. The molecule has 0 aromatic heterocycles. The van der Waals surface area contributed by atoms with Crippen LogP contribution in [0.2, 0.25) is 0 Å². The summed E-state index contributed by atoms with van der Waals surface area (Å²) in [5.41, 5.74) is 6.82. The van der Waals surface area contributed by atoms with Crippen molar-refractivity contribution in [3.63, 3.8) is 0 Å². The Bertz CT molecular complexity index is 285. The largest absolute Gasteiger partial charge is 0.372 e. The number of hydrogen-bond donors (Lipinski definition) is 1. The van der Waals surface area contributed by atoms with Crippen LogP contribution in [0.15, 0.2) is 42.2 Å². The normalized spacial score (nSPS) is 11.7. The number of nitrogens with two attached hydrogens (primary N) is 1. The van der Waals surface area contributed by atoms with E-state index in [-0.39, 0.29) is 13.2 Å². The van der Waals surface area contributed by atoms with E-state index in [9.17, 15) is 4.39 Å². The molecule has 0 fully saturated rings. The van der Waals surface area contributed by atoms with Gasteiger partial charge in [0, 0.05) is 6.54 Å². The molecular weight excluding hydrogens is 181 g/mol. The Balaban J connectivity index is 2.29. The van der Waals surface area contributed by atoms with E-state index < -0.39 is 0 Å². The highest BCUT2D eigenvalue weighted by atomic mass is 19.1. The molecule has 2 nitrogen and oxygen atoms in total. The second-order valence-electron chi connectivity index (χ2n) is 2.95. The standard InChI is InChI=1S/C11H14FNO/c12-6-11(7-13)9-14-8-10-4-2-1-3-5-10/h1-6H,7-9,13H2/b11-6-. The number of rotatable bonds is 5. The van der Waals surface area contributed by atoms with E-state index in [4.69, 9.17) is 10.5 Å². The van der Waals surface area contributed by atoms with Gasteiger partial charge in [0.15, 0.2) is 0 Å². The van der Waals surface area contributed by atoms with Gasteiger partial charge in [0.1, 0.15) is 0 Å². The number of halogens is 1. The van der Waals surface area contributed by atoms with Crippen molar-refractivity contribution in [2.24, 2.45) is 5.73 Å².